The first-order valence-electron chi connectivity index (χ1n) is 10.0. The zero-order valence-corrected chi connectivity index (χ0v) is 16.5. The Morgan fingerprint density at radius 2 is 1.89 bits per heavy atom. The number of rotatable bonds is 8. The Morgan fingerprint density at radius 3 is 2.54 bits per heavy atom. The summed E-state index contributed by atoms with van der Waals surface area (Å²) in [4.78, 5) is 29.8. The summed E-state index contributed by atoms with van der Waals surface area (Å²) in [6.45, 7) is 3.93. The van der Waals surface area contributed by atoms with E-state index < -0.39 is 0 Å². The Bertz CT molecular complexity index is 766. The number of nitrogens with zero attached hydrogens (tertiary/aromatic N) is 2. The molecule has 148 valence electrons. The highest BCUT2D eigenvalue weighted by atomic mass is 16.5. The maximum atomic E-state index is 12.4. The van der Waals surface area contributed by atoms with Crippen LogP contribution in [0.25, 0.3) is 0 Å². The smallest absolute Gasteiger partial charge is 0.227 e. The molecular formula is C23H28N2O3. The van der Waals surface area contributed by atoms with Gasteiger partial charge in [-0.05, 0) is 74.4 Å². The molecule has 0 bridgehead atoms. The molecule has 1 aliphatic rings. The van der Waals surface area contributed by atoms with Crippen LogP contribution in [-0.4, -0.2) is 41.3 Å². The maximum absolute atomic E-state index is 12.4. The van der Waals surface area contributed by atoms with E-state index in [-0.39, 0.29) is 11.7 Å². The number of ketones is 1. The van der Waals surface area contributed by atoms with Crippen LogP contribution in [0.15, 0.2) is 48.8 Å². The van der Waals surface area contributed by atoms with Crippen molar-refractivity contribution in [3.63, 3.8) is 0 Å². The largest absolute Gasteiger partial charge is 0.494 e. The normalized spacial score (nSPS) is 14.7. The number of piperidine rings is 1. The van der Waals surface area contributed by atoms with Crippen LogP contribution in [0.1, 0.15) is 48.5 Å². The average Bonchev–Trinajstić information content (AvgIpc) is 2.72. The topological polar surface area (TPSA) is 59.5 Å². The number of pyridine rings is 1. The van der Waals surface area contributed by atoms with E-state index in [0.717, 1.165) is 50.1 Å². The molecule has 1 aromatic heterocycles. The summed E-state index contributed by atoms with van der Waals surface area (Å²) < 4.78 is 5.78. The Labute approximate surface area is 166 Å². The molecule has 0 N–H and O–H groups in total. The van der Waals surface area contributed by atoms with Crippen molar-refractivity contribution in [2.24, 2.45) is 5.92 Å². The van der Waals surface area contributed by atoms with Crippen molar-refractivity contribution in [3.05, 3.63) is 59.9 Å². The van der Waals surface area contributed by atoms with E-state index in [9.17, 15) is 9.59 Å². The monoisotopic (exact) mass is 380 g/mol. The zero-order chi connectivity index (χ0) is 19.8. The van der Waals surface area contributed by atoms with Gasteiger partial charge in [-0.3, -0.25) is 14.6 Å². The number of carbonyl (C=O) groups is 2. The van der Waals surface area contributed by atoms with Gasteiger partial charge in [-0.2, -0.15) is 0 Å². The molecule has 0 aliphatic carbocycles. The molecule has 5 heteroatoms. The van der Waals surface area contributed by atoms with E-state index in [4.69, 9.17) is 4.74 Å². The second-order valence-electron chi connectivity index (χ2n) is 7.43. The number of likely N-dealkylation sites (tertiary alicyclic amines) is 1. The summed E-state index contributed by atoms with van der Waals surface area (Å²) in [5, 5.41) is 0. The Kier molecular flexibility index (Phi) is 7.18. The third kappa shape index (κ3) is 5.91. The van der Waals surface area contributed by atoms with Crippen LogP contribution in [-0.2, 0) is 11.2 Å². The quantitative estimate of drug-likeness (QED) is 0.514. The fraction of sp³-hybridized carbons (Fsp3) is 0.435. The predicted molar refractivity (Wildman–Crippen MR) is 108 cm³/mol. The minimum absolute atomic E-state index is 0.0665. The lowest BCUT2D eigenvalue weighted by Crippen LogP contribution is -2.39. The lowest BCUT2D eigenvalue weighted by atomic mass is 9.92. The first-order chi connectivity index (χ1) is 13.6. The molecule has 0 atom stereocenters. The molecule has 1 saturated heterocycles. The van der Waals surface area contributed by atoms with Gasteiger partial charge in [0.2, 0.25) is 5.91 Å². The van der Waals surface area contributed by atoms with Crippen LogP contribution in [0.4, 0.5) is 0 Å². The van der Waals surface area contributed by atoms with Gasteiger partial charge < -0.3 is 9.64 Å². The molecule has 28 heavy (non-hydrogen) atoms. The number of benzene rings is 1. The van der Waals surface area contributed by atoms with Crippen LogP contribution < -0.4 is 4.74 Å². The van der Waals surface area contributed by atoms with Crippen molar-refractivity contribution >= 4 is 11.7 Å². The summed E-state index contributed by atoms with van der Waals surface area (Å²) in [6.07, 6.45) is 8.18. The number of carbonyl (C=O) groups excluding carboxylic acids is 2. The van der Waals surface area contributed by atoms with Crippen molar-refractivity contribution in [1.29, 1.82) is 0 Å². The molecule has 5 nitrogen and oxygen atoms in total. The van der Waals surface area contributed by atoms with Crippen molar-refractivity contribution < 1.29 is 14.3 Å². The van der Waals surface area contributed by atoms with Crippen molar-refractivity contribution in [3.8, 4) is 5.75 Å². The molecule has 1 aliphatic heterocycles. The molecule has 2 aromatic rings. The second kappa shape index (κ2) is 10.0. The number of Topliss-reactive ketones (excluding diaryl/α,β-unsaturated/α-hetero) is 1. The zero-order valence-electron chi connectivity index (χ0n) is 16.5. The van der Waals surface area contributed by atoms with Gasteiger partial charge >= 0.3 is 0 Å². The maximum Gasteiger partial charge on any atom is 0.227 e. The van der Waals surface area contributed by atoms with E-state index >= 15 is 0 Å². The molecule has 1 fully saturated rings. The van der Waals surface area contributed by atoms with Gasteiger partial charge in [-0.15, -0.1) is 0 Å². The minimum atomic E-state index is 0.0665. The Morgan fingerprint density at radius 1 is 1.14 bits per heavy atom. The SMILES string of the molecule is CC(=O)c1ccc(OCCCC2CCN(C(=O)Cc3cccnc3)CC2)cc1. The molecule has 3 rings (SSSR count). The van der Waals surface area contributed by atoms with Gasteiger partial charge in [0.15, 0.2) is 5.78 Å². The van der Waals surface area contributed by atoms with E-state index in [1.54, 1.807) is 31.5 Å². The van der Waals surface area contributed by atoms with Crippen molar-refractivity contribution in [2.75, 3.05) is 19.7 Å². The standard InChI is InChI=1S/C23H28N2O3/c1-18(26)21-6-8-22(9-7-21)28-15-3-5-19-10-13-25(14-11-19)23(27)16-20-4-2-12-24-17-20/h2,4,6-9,12,17,19H,3,5,10-11,13-16H2,1H3. The van der Waals surface area contributed by atoms with Crippen molar-refractivity contribution in [1.82, 2.24) is 9.88 Å². The molecule has 2 heterocycles. The third-order valence-corrected chi connectivity index (χ3v) is 5.33. The van der Waals surface area contributed by atoms with Crippen molar-refractivity contribution in [2.45, 2.75) is 39.0 Å². The van der Waals surface area contributed by atoms with Crippen LogP contribution in [0, 0.1) is 5.92 Å². The Hall–Kier alpha value is -2.69. The lowest BCUT2D eigenvalue weighted by Gasteiger charge is -2.32. The molecular weight excluding hydrogens is 352 g/mol. The average molecular weight is 380 g/mol. The van der Waals surface area contributed by atoms with Gasteiger partial charge in [-0.1, -0.05) is 6.07 Å². The highest BCUT2D eigenvalue weighted by Crippen LogP contribution is 2.23. The van der Waals surface area contributed by atoms with E-state index in [1.807, 2.05) is 29.2 Å². The second-order valence-corrected chi connectivity index (χ2v) is 7.43. The van der Waals surface area contributed by atoms with Gasteiger partial charge in [-0.25, -0.2) is 0 Å². The van der Waals surface area contributed by atoms with Crippen LogP contribution in [0.3, 0.4) is 0 Å². The lowest BCUT2D eigenvalue weighted by molar-refractivity contribution is -0.131. The summed E-state index contributed by atoms with van der Waals surface area (Å²) in [5.41, 5.74) is 1.68. The fourth-order valence-corrected chi connectivity index (χ4v) is 3.61. The number of hydrogen-bond acceptors (Lipinski definition) is 4. The molecule has 1 amide bonds. The van der Waals surface area contributed by atoms with Gasteiger partial charge in [0.1, 0.15) is 5.75 Å². The first kappa shape index (κ1) is 20.1. The summed E-state index contributed by atoms with van der Waals surface area (Å²) >= 11 is 0. The van der Waals surface area contributed by atoms with E-state index in [0.29, 0.717) is 24.5 Å². The van der Waals surface area contributed by atoms with Gasteiger partial charge in [0, 0.05) is 31.0 Å². The molecule has 1 aromatic carbocycles. The third-order valence-electron chi connectivity index (χ3n) is 5.33. The highest BCUT2D eigenvalue weighted by molar-refractivity contribution is 5.94. The van der Waals surface area contributed by atoms with Gasteiger partial charge in [0.05, 0.1) is 13.0 Å². The fourth-order valence-electron chi connectivity index (χ4n) is 3.61. The number of ether oxygens (including phenoxy) is 1. The molecule has 0 unspecified atom stereocenters. The molecule has 0 radical (unpaired) electrons. The number of hydrogen-bond donors (Lipinski definition) is 0. The molecule has 0 spiro atoms. The highest BCUT2D eigenvalue weighted by Gasteiger charge is 2.22. The summed E-state index contributed by atoms with van der Waals surface area (Å²) in [5.74, 6) is 1.73. The summed E-state index contributed by atoms with van der Waals surface area (Å²) in [7, 11) is 0. The van der Waals surface area contributed by atoms with Crippen LogP contribution >= 0.6 is 0 Å². The summed E-state index contributed by atoms with van der Waals surface area (Å²) in [6, 6.07) is 11.1. The number of amides is 1. The first-order valence-corrected chi connectivity index (χ1v) is 10.0. The minimum Gasteiger partial charge on any atom is -0.494 e. The predicted octanol–water partition coefficient (Wildman–Crippen LogP) is 3.92. The Balaban J connectivity index is 1.32. The van der Waals surface area contributed by atoms with Gasteiger partial charge in [0.25, 0.3) is 0 Å². The van der Waals surface area contributed by atoms with E-state index in [2.05, 4.69) is 4.98 Å². The molecule has 0 saturated carbocycles. The van der Waals surface area contributed by atoms with Crippen LogP contribution in [0.5, 0.6) is 5.75 Å². The number of aromatic nitrogens is 1. The van der Waals surface area contributed by atoms with Crippen LogP contribution in [0.2, 0.25) is 0 Å². The van der Waals surface area contributed by atoms with E-state index in [1.165, 1.54) is 0 Å².